The van der Waals surface area contributed by atoms with Gasteiger partial charge in [0.1, 0.15) is 17.2 Å². The fourth-order valence-corrected chi connectivity index (χ4v) is 2.65. The summed E-state index contributed by atoms with van der Waals surface area (Å²) in [6, 6.07) is 5.62. The Kier molecular flexibility index (Phi) is 5.61. The van der Waals surface area contributed by atoms with Crippen LogP contribution in [0.3, 0.4) is 0 Å². The van der Waals surface area contributed by atoms with E-state index in [9.17, 15) is 4.79 Å². The Morgan fingerprint density at radius 2 is 2.38 bits per heavy atom. The molecule has 2 aromatic heterocycles. The van der Waals surface area contributed by atoms with E-state index in [4.69, 9.17) is 9.52 Å². The summed E-state index contributed by atoms with van der Waals surface area (Å²) in [5.74, 6) is 6.14. The molecule has 2 heterocycles. The molecule has 1 atom stereocenters. The van der Waals surface area contributed by atoms with Crippen LogP contribution >= 0.6 is 11.3 Å². The van der Waals surface area contributed by atoms with Gasteiger partial charge in [-0.2, -0.15) is 0 Å². The number of hydrogen-bond donors (Lipinski definition) is 2. The number of furan rings is 1. The molecule has 1 amide bonds. The Hall–Kier alpha value is -2.03. The molecule has 2 rings (SSSR count). The van der Waals surface area contributed by atoms with Crippen molar-refractivity contribution in [1.82, 2.24) is 5.32 Å². The van der Waals surface area contributed by atoms with Crippen molar-refractivity contribution in [2.75, 3.05) is 6.61 Å². The van der Waals surface area contributed by atoms with E-state index in [2.05, 4.69) is 17.2 Å². The van der Waals surface area contributed by atoms with Crippen LogP contribution in [-0.2, 0) is 6.42 Å². The number of thiophene rings is 1. The molecule has 0 saturated carbocycles. The number of carbonyl (C=O) groups excluding carboxylic acids is 1. The average molecular weight is 303 g/mol. The van der Waals surface area contributed by atoms with Crippen molar-refractivity contribution < 1.29 is 14.3 Å². The van der Waals surface area contributed by atoms with Gasteiger partial charge in [0.15, 0.2) is 0 Å². The molecule has 0 bridgehead atoms. The number of aryl methyl sites for hydroxylation is 1. The molecule has 0 aliphatic heterocycles. The van der Waals surface area contributed by atoms with E-state index in [1.165, 1.54) is 11.3 Å². The Labute approximate surface area is 127 Å². The van der Waals surface area contributed by atoms with E-state index in [0.717, 1.165) is 18.6 Å². The highest BCUT2D eigenvalue weighted by atomic mass is 32.1. The summed E-state index contributed by atoms with van der Waals surface area (Å²) in [4.78, 5) is 12.8. The molecule has 0 aliphatic carbocycles. The van der Waals surface area contributed by atoms with Crippen molar-refractivity contribution in [2.24, 2.45) is 0 Å². The molecular formula is C16H17NO3S. The van der Waals surface area contributed by atoms with Crippen LogP contribution < -0.4 is 5.32 Å². The van der Waals surface area contributed by atoms with Gasteiger partial charge >= 0.3 is 0 Å². The van der Waals surface area contributed by atoms with Crippen molar-refractivity contribution in [3.63, 3.8) is 0 Å². The maximum absolute atomic E-state index is 12.2. The zero-order valence-electron chi connectivity index (χ0n) is 11.8. The molecule has 4 nitrogen and oxygen atoms in total. The predicted molar refractivity (Wildman–Crippen MR) is 82.2 cm³/mol. The Bertz CT molecular complexity index is 634. The summed E-state index contributed by atoms with van der Waals surface area (Å²) in [5, 5.41) is 13.5. The van der Waals surface area contributed by atoms with Gasteiger partial charge in [-0.1, -0.05) is 11.8 Å². The lowest BCUT2D eigenvalue weighted by atomic mass is 10.1. The summed E-state index contributed by atoms with van der Waals surface area (Å²) in [6.45, 7) is 1.75. The molecule has 2 N–H and O–H groups in total. The molecule has 0 fully saturated rings. The molecule has 1 unspecified atom stereocenters. The SMILES string of the molecule is CC(CCc1ccco1)NC(=O)c1sccc1C#CCO. The van der Waals surface area contributed by atoms with Crippen LogP contribution in [0.4, 0.5) is 0 Å². The van der Waals surface area contributed by atoms with E-state index in [-0.39, 0.29) is 18.6 Å². The van der Waals surface area contributed by atoms with Crippen LogP contribution in [0, 0.1) is 11.8 Å². The third-order valence-electron chi connectivity index (χ3n) is 2.95. The first-order valence-corrected chi connectivity index (χ1v) is 7.59. The Morgan fingerprint density at radius 3 is 3.10 bits per heavy atom. The summed E-state index contributed by atoms with van der Waals surface area (Å²) < 4.78 is 5.27. The van der Waals surface area contributed by atoms with Gasteiger partial charge in [0, 0.05) is 18.0 Å². The first-order chi connectivity index (χ1) is 10.2. The second-order valence-electron chi connectivity index (χ2n) is 4.62. The quantitative estimate of drug-likeness (QED) is 0.834. The molecule has 110 valence electrons. The fourth-order valence-electron chi connectivity index (χ4n) is 1.89. The summed E-state index contributed by atoms with van der Waals surface area (Å²) in [7, 11) is 0. The molecule has 0 saturated heterocycles. The predicted octanol–water partition coefficient (Wildman–Crippen LogP) is 2.44. The monoisotopic (exact) mass is 303 g/mol. The molecule has 0 aromatic carbocycles. The van der Waals surface area contributed by atoms with Crippen LogP contribution in [0.15, 0.2) is 34.3 Å². The van der Waals surface area contributed by atoms with Gasteiger partial charge in [-0.3, -0.25) is 4.79 Å². The lowest BCUT2D eigenvalue weighted by molar-refractivity contribution is 0.0942. The van der Waals surface area contributed by atoms with Crippen LogP contribution in [0.5, 0.6) is 0 Å². The van der Waals surface area contributed by atoms with Crippen LogP contribution in [0.1, 0.15) is 34.3 Å². The normalized spacial score (nSPS) is 11.5. The lowest BCUT2D eigenvalue weighted by Crippen LogP contribution is -2.32. The van der Waals surface area contributed by atoms with Crippen molar-refractivity contribution in [1.29, 1.82) is 0 Å². The van der Waals surface area contributed by atoms with E-state index < -0.39 is 0 Å². The molecule has 5 heteroatoms. The van der Waals surface area contributed by atoms with E-state index >= 15 is 0 Å². The third kappa shape index (κ3) is 4.48. The van der Waals surface area contributed by atoms with Crippen molar-refractivity contribution in [3.8, 4) is 11.8 Å². The topological polar surface area (TPSA) is 62.5 Å². The summed E-state index contributed by atoms with van der Waals surface area (Å²) in [6.07, 6.45) is 3.24. The molecule has 0 aliphatic rings. The number of aliphatic hydroxyl groups excluding tert-OH is 1. The second-order valence-corrected chi connectivity index (χ2v) is 5.53. The Morgan fingerprint density at radius 1 is 1.52 bits per heavy atom. The Balaban J connectivity index is 1.90. The number of nitrogens with one attached hydrogen (secondary N) is 1. The van der Waals surface area contributed by atoms with Crippen molar-refractivity contribution >= 4 is 17.2 Å². The lowest BCUT2D eigenvalue weighted by Gasteiger charge is -2.12. The van der Waals surface area contributed by atoms with Gasteiger partial charge in [0.05, 0.1) is 6.26 Å². The maximum atomic E-state index is 12.2. The van der Waals surface area contributed by atoms with Gasteiger partial charge in [0.2, 0.25) is 0 Å². The minimum absolute atomic E-state index is 0.0448. The van der Waals surface area contributed by atoms with Gasteiger partial charge in [-0.25, -0.2) is 0 Å². The van der Waals surface area contributed by atoms with Crippen LogP contribution in [0.2, 0.25) is 0 Å². The summed E-state index contributed by atoms with van der Waals surface area (Å²) >= 11 is 1.35. The smallest absolute Gasteiger partial charge is 0.262 e. The minimum Gasteiger partial charge on any atom is -0.469 e. The summed E-state index contributed by atoms with van der Waals surface area (Å²) in [5.41, 5.74) is 0.657. The maximum Gasteiger partial charge on any atom is 0.262 e. The van der Waals surface area contributed by atoms with Gasteiger partial charge in [-0.05, 0) is 36.9 Å². The molecular weight excluding hydrogens is 286 g/mol. The van der Waals surface area contributed by atoms with Crippen molar-refractivity contribution in [2.45, 2.75) is 25.8 Å². The highest BCUT2D eigenvalue weighted by Gasteiger charge is 2.14. The largest absolute Gasteiger partial charge is 0.469 e. The molecule has 0 radical (unpaired) electrons. The number of hydrogen-bond acceptors (Lipinski definition) is 4. The van der Waals surface area contributed by atoms with E-state index in [1.54, 1.807) is 12.3 Å². The van der Waals surface area contributed by atoms with Gasteiger partial charge in [0.25, 0.3) is 5.91 Å². The number of rotatable bonds is 5. The first-order valence-electron chi connectivity index (χ1n) is 6.71. The number of aliphatic hydroxyl groups is 1. The standard InChI is InChI=1S/C16H17NO3S/c1-12(6-7-14-5-3-10-20-14)17-16(19)15-13(4-2-9-18)8-11-21-15/h3,5,8,10-12,18H,6-7,9H2,1H3,(H,17,19). The highest BCUT2D eigenvalue weighted by Crippen LogP contribution is 2.16. The highest BCUT2D eigenvalue weighted by molar-refractivity contribution is 7.12. The van der Waals surface area contributed by atoms with Crippen molar-refractivity contribution in [3.05, 3.63) is 46.0 Å². The van der Waals surface area contributed by atoms with E-state index in [0.29, 0.717) is 10.4 Å². The number of carbonyl (C=O) groups is 1. The number of amides is 1. The third-order valence-corrected chi connectivity index (χ3v) is 3.87. The van der Waals surface area contributed by atoms with E-state index in [1.807, 2.05) is 24.4 Å². The van der Waals surface area contributed by atoms with Gasteiger partial charge < -0.3 is 14.8 Å². The fraction of sp³-hybridized carbons (Fsp3) is 0.312. The molecule has 21 heavy (non-hydrogen) atoms. The van der Waals surface area contributed by atoms with Crippen LogP contribution in [0.25, 0.3) is 0 Å². The molecule has 0 spiro atoms. The second kappa shape index (κ2) is 7.67. The van der Waals surface area contributed by atoms with Gasteiger partial charge in [-0.15, -0.1) is 11.3 Å². The molecule has 2 aromatic rings. The first kappa shape index (κ1) is 15.4. The zero-order chi connectivity index (χ0) is 15.1. The zero-order valence-corrected chi connectivity index (χ0v) is 12.6. The minimum atomic E-state index is -0.212. The average Bonchev–Trinajstić information content (AvgIpc) is 3.14. The van der Waals surface area contributed by atoms with Crippen LogP contribution in [-0.4, -0.2) is 23.7 Å².